The predicted molar refractivity (Wildman–Crippen MR) is 114 cm³/mol. The molecular weight excluding hydrogens is 417 g/mol. The van der Waals surface area contributed by atoms with E-state index in [1.165, 1.54) is 41.2 Å². The van der Waals surface area contributed by atoms with Crippen molar-refractivity contribution in [2.45, 2.75) is 20.4 Å². The van der Waals surface area contributed by atoms with E-state index in [9.17, 15) is 14.0 Å². The van der Waals surface area contributed by atoms with Gasteiger partial charge in [-0.05, 0) is 38.1 Å². The fourth-order valence-electron chi connectivity index (χ4n) is 3.08. The van der Waals surface area contributed by atoms with Gasteiger partial charge in [0.05, 0.1) is 29.5 Å². The normalized spacial score (nSPS) is 10.9. The highest BCUT2D eigenvalue weighted by Crippen LogP contribution is 2.23. The van der Waals surface area contributed by atoms with Crippen LogP contribution >= 0.6 is 0 Å². The second-order valence-electron chi connectivity index (χ2n) is 6.98. The molecule has 0 aliphatic carbocycles. The van der Waals surface area contributed by atoms with Crippen molar-refractivity contribution in [2.75, 3.05) is 10.6 Å². The molecule has 10 nitrogen and oxygen atoms in total. The van der Waals surface area contributed by atoms with E-state index < -0.39 is 11.8 Å². The number of nitrogens with one attached hydrogen (secondary N) is 2. The van der Waals surface area contributed by atoms with Crippen molar-refractivity contribution < 1.29 is 18.5 Å². The first kappa shape index (κ1) is 21.0. The highest BCUT2D eigenvalue weighted by Gasteiger charge is 2.23. The van der Waals surface area contributed by atoms with Crippen LogP contribution in [0.25, 0.3) is 11.3 Å². The Bertz CT molecular complexity index is 1290. The van der Waals surface area contributed by atoms with E-state index in [1.807, 2.05) is 13.8 Å². The fraction of sp³-hybridized carbons (Fsp3) is 0.190. The van der Waals surface area contributed by atoms with Crippen LogP contribution in [0.3, 0.4) is 0 Å². The van der Waals surface area contributed by atoms with Crippen molar-refractivity contribution in [3.05, 3.63) is 65.6 Å². The summed E-state index contributed by atoms with van der Waals surface area (Å²) in [4.78, 5) is 25.7. The molecule has 2 N–H and O–H groups in total. The first-order chi connectivity index (χ1) is 15.4. The Morgan fingerprint density at radius 3 is 2.41 bits per heavy atom. The van der Waals surface area contributed by atoms with Crippen LogP contribution in [-0.2, 0) is 13.6 Å². The molecule has 0 bridgehead atoms. The first-order valence-electron chi connectivity index (χ1n) is 9.77. The number of nitrogens with zero attached hydrogens (tertiary/aromatic N) is 5. The summed E-state index contributed by atoms with van der Waals surface area (Å²) in [5, 5.41) is 17.5. The van der Waals surface area contributed by atoms with Crippen LogP contribution in [0, 0.1) is 12.7 Å². The van der Waals surface area contributed by atoms with Crippen molar-refractivity contribution in [3.8, 4) is 11.3 Å². The lowest BCUT2D eigenvalue weighted by atomic mass is 10.1. The van der Waals surface area contributed by atoms with Gasteiger partial charge in [0.15, 0.2) is 11.5 Å². The maximum absolute atomic E-state index is 13.1. The zero-order chi connectivity index (χ0) is 22.8. The average Bonchev–Trinajstić information content (AvgIpc) is 3.50. The number of aryl methyl sites for hydroxylation is 2. The molecule has 1 aromatic carbocycles. The summed E-state index contributed by atoms with van der Waals surface area (Å²) in [5.74, 6) is -1.09. The van der Waals surface area contributed by atoms with E-state index in [1.54, 1.807) is 17.9 Å². The molecule has 0 unspecified atom stereocenters. The lowest BCUT2D eigenvalue weighted by Gasteiger charge is -2.09. The van der Waals surface area contributed by atoms with Gasteiger partial charge in [-0.1, -0.05) is 5.16 Å². The summed E-state index contributed by atoms with van der Waals surface area (Å²) >= 11 is 0. The quantitative estimate of drug-likeness (QED) is 0.478. The number of carbonyl (C=O) groups is 2. The van der Waals surface area contributed by atoms with Crippen molar-refractivity contribution in [3.63, 3.8) is 0 Å². The molecule has 0 aliphatic rings. The summed E-state index contributed by atoms with van der Waals surface area (Å²) in [6.45, 7) is 4.08. The van der Waals surface area contributed by atoms with E-state index in [2.05, 4.69) is 26.0 Å². The Balaban J connectivity index is 1.55. The minimum atomic E-state index is -0.579. The SMILES string of the molecule is CCn1ncc(NC(=O)c2cc(-c3ccc(F)cc3)on2)c1C(=O)Nc1cnn(C)c1C. The van der Waals surface area contributed by atoms with Gasteiger partial charge in [-0.25, -0.2) is 4.39 Å². The monoisotopic (exact) mass is 437 g/mol. The van der Waals surface area contributed by atoms with Gasteiger partial charge in [-0.2, -0.15) is 10.2 Å². The van der Waals surface area contributed by atoms with Crippen molar-refractivity contribution in [2.24, 2.45) is 7.05 Å². The Hall–Kier alpha value is -4.28. The predicted octanol–water partition coefficient (Wildman–Crippen LogP) is 3.24. The van der Waals surface area contributed by atoms with Gasteiger partial charge in [0.2, 0.25) is 0 Å². The van der Waals surface area contributed by atoms with Gasteiger partial charge in [0.25, 0.3) is 11.8 Å². The second kappa shape index (κ2) is 8.46. The van der Waals surface area contributed by atoms with Crippen LogP contribution in [0.1, 0.15) is 33.6 Å². The van der Waals surface area contributed by atoms with Crippen molar-refractivity contribution in [1.29, 1.82) is 0 Å². The van der Waals surface area contributed by atoms with Gasteiger partial charge in [0, 0.05) is 25.2 Å². The van der Waals surface area contributed by atoms with Crippen LogP contribution in [0.15, 0.2) is 47.2 Å². The maximum atomic E-state index is 13.1. The van der Waals surface area contributed by atoms with E-state index in [4.69, 9.17) is 4.52 Å². The lowest BCUT2D eigenvalue weighted by molar-refractivity contribution is 0.101. The molecule has 0 aliphatic heterocycles. The maximum Gasteiger partial charge on any atom is 0.277 e. The van der Waals surface area contributed by atoms with Crippen LogP contribution in [0.4, 0.5) is 15.8 Å². The van der Waals surface area contributed by atoms with E-state index in [-0.39, 0.29) is 22.9 Å². The highest BCUT2D eigenvalue weighted by atomic mass is 19.1. The molecule has 0 atom stereocenters. The Morgan fingerprint density at radius 2 is 1.75 bits per heavy atom. The summed E-state index contributed by atoms with van der Waals surface area (Å²) in [6.07, 6.45) is 2.94. The van der Waals surface area contributed by atoms with E-state index >= 15 is 0 Å². The van der Waals surface area contributed by atoms with Crippen LogP contribution in [0.5, 0.6) is 0 Å². The summed E-state index contributed by atoms with van der Waals surface area (Å²) in [6, 6.07) is 7.04. The average molecular weight is 437 g/mol. The number of rotatable bonds is 6. The molecule has 0 spiro atoms. The number of amides is 2. The third-order valence-electron chi connectivity index (χ3n) is 4.96. The number of hydrogen-bond donors (Lipinski definition) is 2. The number of carbonyl (C=O) groups excluding carboxylic acids is 2. The molecule has 0 saturated carbocycles. The number of benzene rings is 1. The van der Waals surface area contributed by atoms with Crippen LogP contribution < -0.4 is 10.6 Å². The van der Waals surface area contributed by atoms with Gasteiger partial charge in [-0.3, -0.25) is 19.0 Å². The Morgan fingerprint density at radius 1 is 1.06 bits per heavy atom. The van der Waals surface area contributed by atoms with Crippen LogP contribution in [0.2, 0.25) is 0 Å². The molecule has 0 saturated heterocycles. The number of anilines is 2. The van der Waals surface area contributed by atoms with Gasteiger partial charge >= 0.3 is 0 Å². The van der Waals surface area contributed by atoms with Crippen molar-refractivity contribution >= 4 is 23.2 Å². The van der Waals surface area contributed by atoms with Crippen molar-refractivity contribution in [1.82, 2.24) is 24.7 Å². The molecule has 0 radical (unpaired) electrons. The fourth-order valence-corrected chi connectivity index (χ4v) is 3.08. The number of aromatic nitrogens is 5. The number of halogens is 1. The number of hydrogen-bond acceptors (Lipinski definition) is 6. The van der Waals surface area contributed by atoms with Gasteiger partial charge in [0.1, 0.15) is 11.5 Å². The Labute approximate surface area is 182 Å². The molecule has 164 valence electrons. The third kappa shape index (κ3) is 4.00. The summed E-state index contributed by atoms with van der Waals surface area (Å²) < 4.78 is 21.4. The van der Waals surface area contributed by atoms with E-state index in [0.717, 1.165) is 5.69 Å². The first-order valence-corrected chi connectivity index (χ1v) is 9.77. The standard InChI is InChI=1S/C21H20FN7O3/c1-4-29-19(21(31)25-16-10-23-28(3)12(16)2)17(11-24-29)26-20(30)15-9-18(32-27-15)13-5-7-14(22)8-6-13/h5-11H,4H2,1-3H3,(H,25,31)(H,26,30). The highest BCUT2D eigenvalue weighted by molar-refractivity contribution is 6.11. The molecule has 2 amide bonds. The topological polar surface area (TPSA) is 120 Å². The molecule has 4 rings (SSSR count). The van der Waals surface area contributed by atoms with E-state index in [0.29, 0.717) is 23.6 Å². The minimum absolute atomic E-state index is 0.00281. The van der Waals surface area contributed by atoms with Gasteiger partial charge < -0.3 is 15.2 Å². The zero-order valence-electron chi connectivity index (χ0n) is 17.6. The largest absolute Gasteiger partial charge is 0.355 e. The molecule has 3 aromatic heterocycles. The molecule has 3 heterocycles. The molecular formula is C21H20FN7O3. The Kier molecular flexibility index (Phi) is 5.54. The smallest absolute Gasteiger partial charge is 0.277 e. The molecule has 32 heavy (non-hydrogen) atoms. The minimum Gasteiger partial charge on any atom is -0.355 e. The zero-order valence-corrected chi connectivity index (χ0v) is 17.6. The molecule has 0 fully saturated rings. The molecule has 11 heteroatoms. The van der Waals surface area contributed by atoms with Gasteiger partial charge in [-0.15, -0.1) is 0 Å². The lowest BCUT2D eigenvalue weighted by Crippen LogP contribution is -2.21. The summed E-state index contributed by atoms with van der Waals surface area (Å²) in [5.41, 5.74) is 2.32. The van der Waals surface area contributed by atoms with Crippen LogP contribution in [-0.4, -0.2) is 36.5 Å². The molecule has 4 aromatic rings. The summed E-state index contributed by atoms with van der Waals surface area (Å²) in [7, 11) is 1.77. The second-order valence-corrected chi connectivity index (χ2v) is 6.98. The third-order valence-corrected chi connectivity index (χ3v) is 4.96.